The van der Waals surface area contributed by atoms with Gasteiger partial charge in [-0.1, -0.05) is 0 Å². The number of nitrogens with zero attached hydrogens (tertiary/aromatic N) is 2. The molecule has 0 amide bonds. The van der Waals surface area contributed by atoms with E-state index in [-0.39, 0.29) is 0 Å². The third-order valence-electron chi connectivity index (χ3n) is 3.65. The molecule has 0 aromatic heterocycles. The van der Waals surface area contributed by atoms with Gasteiger partial charge in [-0.2, -0.15) is 0 Å². The molecule has 2 fully saturated rings. The molecule has 94 valence electrons. The summed E-state index contributed by atoms with van der Waals surface area (Å²) < 4.78 is 5.65. The molecular formula is C12H25N3O. The maximum Gasteiger partial charge on any atom is 0.0674 e. The van der Waals surface area contributed by atoms with Crippen molar-refractivity contribution < 1.29 is 4.74 Å². The Morgan fingerprint density at radius 3 is 2.69 bits per heavy atom. The quantitative estimate of drug-likeness (QED) is 0.734. The summed E-state index contributed by atoms with van der Waals surface area (Å²) in [7, 11) is 0. The molecule has 2 aliphatic heterocycles. The molecule has 0 saturated carbocycles. The molecule has 2 heterocycles. The fraction of sp³-hybridized carbons (Fsp3) is 1.00. The van der Waals surface area contributed by atoms with E-state index in [0.717, 1.165) is 26.2 Å². The molecule has 2 atom stereocenters. The van der Waals surface area contributed by atoms with E-state index in [1.807, 2.05) is 0 Å². The van der Waals surface area contributed by atoms with E-state index in [0.29, 0.717) is 12.1 Å². The van der Waals surface area contributed by atoms with Crippen LogP contribution in [0, 0.1) is 0 Å². The number of morpholine rings is 1. The van der Waals surface area contributed by atoms with Gasteiger partial charge in [-0.15, -0.1) is 0 Å². The Hall–Kier alpha value is -0.160. The number of piperazine rings is 1. The Balaban J connectivity index is 1.71. The average molecular weight is 227 g/mol. The first-order valence-electron chi connectivity index (χ1n) is 6.54. The first-order chi connectivity index (χ1) is 7.75. The number of nitrogens with one attached hydrogen (secondary N) is 1. The van der Waals surface area contributed by atoms with Gasteiger partial charge >= 0.3 is 0 Å². The van der Waals surface area contributed by atoms with Crippen LogP contribution in [0.15, 0.2) is 0 Å². The van der Waals surface area contributed by atoms with E-state index >= 15 is 0 Å². The third-order valence-corrected chi connectivity index (χ3v) is 3.65. The fourth-order valence-electron chi connectivity index (χ4n) is 2.49. The normalized spacial score (nSPS) is 34.1. The van der Waals surface area contributed by atoms with Gasteiger partial charge in [0, 0.05) is 51.9 Å². The number of hydrogen-bond donors (Lipinski definition) is 1. The number of hydrogen-bond acceptors (Lipinski definition) is 4. The first kappa shape index (κ1) is 12.3. The molecule has 0 radical (unpaired) electrons. The minimum absolute atomic E-state index is 0.402. The summed E-state index contributed by atoms with van der Waals surface area (Å²) >= 11 is 0. The van der Waals surface area contributed by atoms with Gasteiger partial charge in [-0.25, -0.2) is 0 Å². The summed E-state index contributed by atoms with van der Waals surface area (Å²) in [5.74, 6) is 0. The summed E-state index contributed by atoms with van der Waals surface area (Å²) in [6.45, 7) is 13.5. The number of ether oxygens (including phenoxy) is 1. The predicted octanol–water partition coefficient (Wildman–Crippen LogP) is 0.000800. The average Bonchev–Trinajstić information content (AvgIpc) is 2.32. The van der Waals surface area contributed by atoms with E-state index in [2.05, 4.69) is 29.0 Å². The predicted molar refractivity (Wildman–Crippen MR) is 65.8 cm³/mol. The van der Waals surface area contributed by atoms with Crippen molar-refractivity contribution in [1.82, 2.24) is 15.1 Å². The second-order valence-electron chi connectivity index (χ2n) is 5.08. The van der Waals surface area contributed by atoms with Crippen molar-refractivity contribution in [2.45, 2.75) is 26.0 Å². The molecule has 0 bridgehead atoms. The molecule has 0 aliphatic carbocycles. The van der Waals surface area contributed by atoms with Crippen LogP contribution in [-0.2, 0) is 4.74 Å². The summed E-state index contributed by atoms with van der Waals surface area (Å²) in [6, 6.07) is 0.583. The van der Waals surface area contributed by atoms with E-state index < -0.39 is 0 Å². The Kier molecular flexibility index (Phi) is 4.58. The fourth-order valence-corrected chi connectivity index (χ4v) is 2.49. The van der Waals surface area contributed by atoms with Gasteiger partial charge in [0.2, 0.25) is 0 Å². The maximum absolute atomic E-state index is 5.65. The zero-order valence-electron chi connectivity index (χ0n) is 10.6. The van der Waals surface area contributed by atoms with Gasteiger partial charge in [0.15, 0.2) is 0 Å². The van der Waals surface area contributed by atoms with Crippen LogP contribution in [0.2, 0.25) is 0 Å². The lowest BCUT2D eigenvalue weighted by atomic mass is 10.2. The Bertz CT molecular complexity index is 206. The molecule has 0 aromatic carbocycles. The highest BCUT2D eigenvalue weighted by molar-refractivity contribution is 4.77. The topological polar surface area (TPSA) is 27.7 Å². The molecule has 1 N–H and O–H groups in total. The molecule has 2 unspecified atom stereocenters. The van der Waals surface area contributed by atoms with E-state index in [1.54, 1.807) is 0 Å². The molecule has 2 rings (SSSR count). The monoisotopic (exact) mass is 227 g/mol. The lowest BCUT2D eigenvalue weighted by Gasteiger charge is -2.38. The Labute approximate surface area is 98.9 Å². The molecular weight excluding hydrogens is 202 g/mol. The zero-order chi connectivity index (χ0) is 11.4. The molecule has 4 nitrogen and oxygen atoms in total. The zero-order valence-corrected chi connectivity index (χ0v) is 10.6. The van der Waals surface area contributed by atoms with Crippen LogP contribution < -0.4 is 5.32 Å². The van der Waals surface area contributed by atoms with Crippen molar-refractivity contribution in [2.24, 2.45) is 0 Å². The first-order valence-corrected chi connectivity index (χ1v) is 6.54. The minimum atomic E-state index is 0.402. The summed E-state index contributed by atoms with van der Waals surface area (Å²) in [6.07, 6.45) is 0.402. The molecule has 2 saturated heterocycles. The van der Waals surface area contributed by atoms with Gasteiger partial charge < -0.3 is 10.1 Å². The highest BCUT2D eigenvalue weighted by Gasteiger charge is 2.23. The van der Waals surface area contributed by atoms with Crippen molar-refractivity contribution in [1.29, 1.82) is 0 Å². The van der Waals surface area contributed by atoms with Gasteiger partial charge in [0.05, 0.1) is 12.7 Å². The molecule has 0 aromatic rings. The largest absolute Gasteiger partial charge is 0.376 e. The van der Waals surface area contributed by atoms with E-state index in [9.17, 15) is 0 Å². The molecule has 16 heavy (non-hydrogen) atoms. The lowest BCUT2D eigenvalue weighted by Crippen LogP contribution is -2.51. The Morgan fingerprint density at radius 1 is 1.19 bits per heavy atom. The second kappa shape index (κ2) is 5.96. The van der Waals surface area contributed by atoms with Crippen LogP contribution in [0.4, 0.5) is 0 Å². The summed E-state index contributed by atoms with van der Waals surface area (Å²) in [5, 5.41) is 3.39. The maximum atomic E-state index is 5.65. The highest BCUT2D eigenvalue weighted by Crippen LogP contribution is 2.10. The lowest BCUT2D eigenvalue weighted by molar-refractivity contribution is -0.0516. The van der Waals surface area contributed by atoms with Crippen LogP contribution in [0.1, 0.15) is 13.8 Å². The van der Waals surface area contributed by atoms with Crippen LogP contribution in [-0.4, -0.2) is 74.4 Å². The summed E-state index contributed by atoms with van der Waals surface area (Å²) in [5.41, 5.74) is 0. The van der Waals surface area contributed by atoms with E-state index in [1.165, 1.54) is 26.2 Å². The van der Waals surface area contributed by atoms with Crippen molar-refractivity contribution in [3.8, 4) is 0 Å². The third kappa shape index (κ3) is 3.42. The van der Waals surface area contributed by atoms with Gasteiger partial charge in [0.1, 0.15) is 0 Å². The smallest absolute Gasteiger partial charge is 0.0674 e. The molecule has 0 spiro atoms. The highest BCUT2D eigenvalue weighted by atomic mass is 16.5. The van der Waals surface area contributed by atoms with Crippen LogP contribution in [0.5, 0.6) is 0 Å². The Morgan fingerprint density at radius 2 is 1.94 bits per heavy atom. The van der Waals surface area contributed by atoms with Crippen molar-refractivity contribution in [3.63, 3.8) is 0 Å². The van der Waals surface area contributed by atoms with Crippen molar-refractivity contribution in [3.05, 3.63) is 0 Å². The minimum Gasteiger partial charge on any atom is -0.376 e. The summed E-state index contributed by atoms with van der Waals surface area (Å²) in [4.78, 5) is 5.12. The molecule has 4 heteroatoms. The van der Waals surface area contributed by atoms with Crippen molar-refractivity contribution in [2.75, 3.05) is 52.4 Å². The van der Waals surface area contributed by atoms with E-state index in [4.69, 9.17) is 4.74 Å². The van der Waals surface area contributed by atoms with Crippen LogP contribution in [0.3, 0.4) is 0 Å². The van der Waals surface area contributed by atoms with Gasteiger partial charge in [-0.05, 0) is 13.8 Å². The van der Waals surface area contributed by atoms with Gasteiger partial charge in [-0.3, -0.25) is 9.80 Å². The SMILES string of the molecule is CC1CN(CCN2CCNCC2)C(C)CO1. The van der Waals surface area contributed by atoms with Crippen LogP contribution >= 0.6 is 0 Å². The standard InChI is InChI=1S/C12H25N3O/c1-11-10-16-12(2)9-15(11)8-7-14-5-3-13-4-6-14/h11-13H,3-10H2,1-2H3. The van der Waals surface area contributed by atoms with Gasteiger partial charge in [0.25, 0.3) is 0 Å². The van der Waals surface area contributed by atoms with Crippen LogP contribution in [0.25, 0.3) is 0 Å². The molecule has 2 aliphatic rings. The second-order valence-corrected chi connectivity index (χ2v) is 5.08. The number of rotatable bonds is 3. The van der Waals surface area contributed by atoms with Crippen molar-refractivity contribution >= 4 is 0 Å².